The second-order valence-corrected chi connectivity index (χ2v) is 16.9. The Morgan fingerprint density at radius 1 is 0.588 bits per heavy atom. The largest absolute Gasteiger partial charge is 0.477 e. The normalized spacial score (nSPS) is 46.6. The van der Waals surface area contributed by atoms with Gasteiger partial charge in [-0.1, -0.05) is 0 Å². The van der Waals surface area contributed by atoms with Crippen molar-refractivity contribution in [3.63, 3.8) is 0 Å². The van der Waals surface area contributed by atoms with E-state index in [4.69, 9.17) is 42.6 Å². The van der Waals surface area contributed by atoms with E-state index in [2.05, 4.69) is 10.6 Å². The van der Waals surface area contributed by atoms with Gasteiger partial charge in [-0.05, 0) is 0 Å². The van der Waals surface area contributed by atoms with Crippen LogP contribution in [0.5, 0.6) is 0 Å². The molecule has 0 aliphatic carbocycles. The highest BCUT2D eigenvalue weighted by molar-refractivity contribution is 5.76. The topological polar surface area (TPSA) is 502 Å². The van der Waals surface area contributed by atoms with Crippen LogP contribution in [0.2, 0.25) is 0 Å². The molecule has 68 heavy (non-hydrogen) atoms. The van der Waals surface area contributed by atoms with Crippen molar-refractivity contribution >= 4 is 17.8 Å². The Balaban J connectivity index is 1.35. The number of hydrogen-bond acceptors (Lipinski definition) is 28. The van der Waals surface area contributed by atoms with E-state index in [1.165, 1.54) is 0 Å². The van der Waals surface area contributed by atoms with Crippen LogP contribution in [-0.2, 0) is 57.0 Å². The van der Waals surface area contributed by atoms with Crippen molar-refractivity contribution in [2.75, 3.05) is 33.0 Å². The third-order valence-electron chi connectivity index (χ3n) is 12.1. The fraction of sp³-hybridized carbons (Fsp3) is 0.919. The summed E-state index contributed by atoms with van der Waals surface area (Å²) in [7, 11) is 0. The molecule has 19 N–H and O–H groups in total. The highest BCUT2D eigenvalue weighted by atomic mass is 16.8. The molecule has 0 saturated carbocycles. The zero-order valence-electron chi connectivity index (χ0n) is 36.2. The summed E-state index contributed by atoms with van der Waals surface area (Å²) in [5, 5.41) is 184. The van der Waals surface area contributed by atoms with Crippen molar-refractivity contribution < 1.29 is 144 Å². The summed E-state index contributed by atoms with van der Waals surface area (Å²) in [5.41, 5.74) is 0. The number of ether oxygens (including phenoxy) is 9. The lowest BCUT2D eigenvalue weighted by atomic mass is 9.88. The molecule has 31 nitrogen and oxygen atoms in total. The maximum Gasteiger partial charge on any atom is 0.364 e. The molecule has 0 aromatic rings. The first-order valence-electron chi connectivity index (χ1n) is 21.2. The number of aliphatic hydroxyl groups is 16. The molecule has 5 aliphatic heterocycles. The van der Waals surface area contributed by atoms with Gasteiger partial charge in [-0.15, -0.1) is 0 Å². The van der Waals surface area contributed by atoms with Crippen LogP contribution >= 0.6 is 0 Å². The highest BCUT2D eigenvalue weighted by Gasteiger charge is 2.59. The molecule has 0 aromatic carbocycles. The van der Waals surface area contributed by atoms with E-state index >= 15 is 0 Å². The van der Waals surface area contributed by atoms with Gasteiger partial charge in [0, 0.05) is 20.3 Å². The van der Waals surface area contributed by atoms with E-state index < -0.39 is 216 Å². The quantitative estimate of drug-likeness (QED) is 0.0606. The maximum absolute atomic E-state index is 12.7. The van der Waals surface area contributed by atoms with Crippen molar-refractivity contribution in [2.45, 2.75) is 179 Å². The average molecular weight is 999 g/mol. The standard InChI is InChI=1S/C37H62N2O29/c1-9(44)38-17-11(46)3-37(36(58)59,68-30(17)19(48)12(47)4-40)60-8-16-20(49)23(52)26(55)34(64-16)65-28-15(7-43)63-33(18(22(28)51)39-10(2)45)67-31-21(50)13(5-41)62-35(27(31)56)66-29-14(6-42)61-32(57)25(54)24(29)53/h11-35,40-43,46-57H,3-8H2,1-2H3,(H,38,44)(H,39,45)(H,58,59)/t11-,12+,13+,14+,15+,16+,17+,18+,19+,20-,21-,22+,23-,24+,25+,26+,27+,28+,29+,30+,31-,32-,33-,34-,35-,37+/m0/s1. The van der Waals surface area contributed by atoms with Crippen LogP contribution < -0.4 is 10.6 Å². The molecule has 5 fully saturated rings. The summed E-state index contributed by atoms with van der Waals surface area (Å²) >= 11 is 0. The Morgan fingerprint density at radius 3 is 1.66 bits per heavy atom. The lowest BCUT2D eigenvalue weighted by Crippen LogP contribution is -2.70. The van der Waals surface area contributed by atoms with Gasteiger partial charge in [-0.2, -0.15) is 0 Å². The van der Waals surface area contributed by atoms with Crippen molar-refractivity contribution in [1.82, 2.24) is 10.6 Å². The van der Waals surface area contributed by atoms with Crippen LogP contribution in [0.25, 0.3) is 0 Å². The molecule has 0 bridgehead atoms. The minimum absolute atomic E-state index is 0.776. The number of carboxylic acids is 1. The zero-order chi connectivity index (χ0) is 50.7. The first kappa shape index (κ1) is 56.3. The molecule has 5 heterocycles. The number of aliphatic carboxylic acids is 1. The Morgan fingerprint density at radius 2 is 1.10 bits per heavy atom. The molecule has 5 saturated heterocycles. The minimum Gasteiger partial charge on any atom is -0.477 e. The van der Waals surface area contributed by atoms with Gasteiger partial charge in [0.2, 0.25) is 11.8 Å². The molecule has 5 rings (SSSR count). The molecule has 394 valence electrons. The fourth-order valence-electron chi connectivity index (χ4n) is 8.43. The van der Waals surface area contributed by atoms with Gasteiger partial charge < -0.3 is 140 Å². The molecule has 5 aliphatic rings. The molecule has 0 spiro atoms. The number of carbonyl (C=O) groups excluding carboxylic acids is 2. The first-order chi connectivity index (χ1) is 31.9. The Labute approximate surface area is 384 Å². The summed E-state index contributed by atoms with van der Waals surface area (Å²) in [6.45, 7) is -3.11. The molecule has 31 heteroatoms. The Kier molecular flexibility index (Phi) is 19.7. The lowest BCUT2D eigenvalue weighted by molar-refractivity contribution is -0.381. The number of amides is 2. The summed E-state index contributed by atoms with van der Waals surface area (Å²) in [5.74, 6) is -6.55. The summed E-state index contributed by atoms with van der Waals surface area (Å²) in [6.07, 6.45) is -46.1. The third kappa shape index (κ3) is 12.0. The number of rotatable bonds is 18. The average Bonchev–Trinajstić information content (AvgIpc) is 3.29. The van der Waals surface area contributed by atoms with Crippen LogP contribution in [0.1, 0.15) is 20.3 Å². The molecule has 2 amide bonds. The monoisotopic (exact) mass is 998 g/mol. The molecule has 0 aromatic heterocycles. The van der Waals surface area contributed by atoms with Crippen molar-refractivity contribution in [2.24, 2.45) is 0 Å². The van der Waals surface area contributed by atoms with Gasteiger partial charge in [0.1, 0.15) is 116 Å². The van der Waals surface area contributed by atoms with Gasteiger partial charge in [0.05, 0.1) is 45.2 Å². The highest BCUT2D eigenvalue weighted by Crippen LogP contribution is 2.37. The van der Waals surface area contributed by atoms with Crippen LogP contribution in [0.15, 0.2) is 0 Å². The van der Waals surface area contributed by atoms with E-state index in [1.54, 1.807) is 0 Å². The van der Waals surface area contributed by atoms with E-state index in [1.807, 2.05) is 0 Å². The fourth-order valence-corrected chi connectivity index (χ4v) is 8.43. The number of hydrogen-bond donors (Lipinski definition) is 19. The van der Waals surface area contributed by atoms with E-state index in [9.17, 15) is 101 Å². The predicted molar refractivity (Wildman–Crippen MR) is 207 cm³/mol. The molecule has 0 radical (unpaired) electrons. The Hall–Kier alpha value is -2.59. The summed E-state index contributed by atoms with van der Waals surface area (Å²) < 4.78 is 50.3. The second-order valence-electron chi connectivity index (χ2n) is 16.9. The predicted octanol–water partition coefficient (Wildman–Crippen LogP) is -12.4. The van der Waals surface area contributed by atoms with Crippen LogP contribution in [0.3, 0.4) is 0 Å². The molecule has 0 unspecified atom stereocenters. The van der Waals surface area contributed by atoms with Crippen LogP contribution in [-0.4, -0.2) is 297 Å². The lowest BCUT2D eigenvalue weighted by Gasteiger charge is -2.50. The van der Waals surface area contributed by atoms with Gasteiger partial charge in [0.25, 0.3) is 5.79 Å². The van der Waals surface area contributed by atoms with Crippen molar-refractivity contribution in [3.05, 3.63) is 0 Å². The third-order valence-corrected chi connectivity index (χ3v) is 12.1. The van der Waals surface area contributed by atoms with E-state index in [-0.39, 0.29) is 0 Å². The first-order valence-corrected chi connectivity index (χ1v) is 21.2. The minimum atomic E-state index is -2.96. The molecular weight excluding hydrogens is 936 g/mol. The Bertz CT molecular complexity index is 1660. The van der Waals surface area contributed by atoms with Gasteiger partial charge >= 0.3 is 5.97 Å². The van der Waals surface area contributed by atoms with Crippen molar-refractivity contribution in [3.8, 4) is 0 Å². The molecule has 26 atom stereocenters. The number of carbonyl (C=O) groups is 3. The number of nitrogens with one attached hydrogen (secondary N) is 2. The molecular formula is C37H62N2O29. The van der Waals surface area contributed by atoms with Crippen molar-refractivity contribution in [1.29, 1.82) is 0 Å². The van der Waals surface area contributed by atoms with Gasteiger partial charge in [0.15, 0.2) is 25.2 Å². The van der Waals surface area contributed by atoms with Crippen LogP contribution in [0.4, 0.5) is 0 Å². The van der Waals surface area contributed by atoms with E-state index in [0.29, 0.717) is 0 Å². The van der Waals surface area contributed by atoms with Gasteiger partial charge in [-0.3, -0.25) is 9.59 Å². The smallest absolute Gasteiger partial charge is 0.364 e. The SMILES string of the molecule is CC(=O)N[C@H]1[C@H](O[C@H]2[C@@H](O)[C@@H](CO)O[C@@H](O[C@H]3[C@H](O)[C@@H](O)[C@@H](O)O[C@@H]3CO)[C@@H]2O)O[C@H](CO)[C@@H](O[C@@H]2O[C@H](CO[C@]3(C(=O)O)C[C@H](O)[C@@H](NC(C)=O)[C@H]([C@H](O)[C@H](O)CO)O3)[C@H](O)[C@H](O)[C@H]2O)[C@@H]1O. The summed E-state index contributed by atoms with van der Waals surface area (Å²) in [4.78, 5) is 37.1. The number of aliphatic hydroxyl groups excluding tert-OH is 16. The van der Waals surface area contributed by atoms with Gasteiger partial charge in [-0.25, -0.2) is 4.79 Å². The second kappa shape index (κ2) is 23.8. The van der Waals surface area contributed by atoms with Crippen LogP contribution in [0, 0.1) is 0 Å². The summed E-state index contributed by atoms with van der Waals surface area (Å²) in [6, 6.07) is -3.37. The maximum atomic E-state index is 12.7. The zero-order valence-corrected chi connectivity index (χ0v) is 36.2. The number of carboxylic acid groups (broad SMARTS) is 1. The van der Waals surface area contributed by atoms with E-state index in [0.717, 1.165) is 13.8 Å².